The van der Waals surface area contributed by atoms with Crippen LogP contribution in [0, 0.1) is 0 Å². The first-order valence-electron chi connectivity index (χ1n) is 6.74. The maximum absolute atomic E-state index is 11.4. The van der Waals surface area contributed by atoms with Crippen LogP contribution >= 0.6 is 0 Å². The molecule has 0 saturated heterocycles. The van der Waals surface area contributed by atoms with E-state index in [1.165, 1.54) is 6.08 Å². The molecule has 1 unspecified atom stereocenters. The van der Waals surface area contributed by atoms with Crippen molar-refractivity contribution in [2.75, 3.05) is 26.4 Å². The summed E-state index contributed by atoms with van der Waals surface area (Å²) in [4.78, 5) is 22.8. The van der Waals surface area contributed by atoms with Gasteiger partial charge in [0.1, 0.15) is 0 Å². The van der Waals surface area contributed by atoms with Gasteiger partial charge in [-0.05, 0) is 27.2 Å². The maximum Gasteiger partial charge on any atom is 0.335 e. The van der Waals surface area contributed by atoms with Crippen LogP contribution in [0.15, 0.2) is 12.7 Å². The molecule has 0 aliphatic heterocycles. The summed E-state index contributed by atoms with van der Waals surface area (Å²) < 4.78 is 15.2. The lowest BCUT2D eigenvalue weighted by molar-refractivity contribution is -0.158. The SMILES string of the molecule is C=CCOC(C)C(=O)OCC(=O)NCCCOC(C)C. The molecule has 0 heterocycles. The number of amides is 1. The molecular formula is C14H25NO5. The largest absolute Gasteiger partial charge is 0.454 e. The van der Waals surface area contributed by atoms with E-state index in [1.807, 2.05) is 13.8 Å². The summed E-state index contributed by atoms with van der Waals surface area (Å²) in [5.41, 5.74) is 0. The summed E-state index contributed by atoms with van der Waals surface area (Å²) >= 11 is 0. The van der Waals surface area contributed by atoms with Gasteiger partial charge in [-0.3, -0.25) is 4.79 Å². The average Bonchev–Trinajstić information content (AvgIpc) is 2.41. The van der Waals surface area contributed by atoms with Gasteiger partial charge in [-0.2, -0.15) is 0 Å². The molecule has 6 nitrogen and oxygen atoms in total. The summed E-state index contributed by atoms with van der Waals surface area (Å²) in [5, 5.41) is 2.64. The van der Waals surface area contributed by atoms with Crippen molar-refractivity contribution in [3.05, 3.63) is 12.7 Å². The number of ether oxygens (including phenoxy) is 3. The molecule has 0 radical (unpaired) electrons. The average molecular weight is 287 g/mol. The Morgan fingerprint density at radius 3 is 2.55 bits per heavy atom. The normalized spacial score (nSPS) is 12.0. The minimum Gasteiger partial charge on any atom is -0.454 e. The Morgan fingerprint density at radius 2 is 1.95 bits per heavy atom. The van der Waals surface area contributed by atoms with E-state index in [9.17, 15) is 9.59 Å². The Morgan fingerprint density at radius 1 is 1.25 bits per heavy atom. The molecule has 0 bridgehead atoms. The molecule has 1 amide bonds. The molecule has 0 spiro atoms. The van der Waals surface area contributed by atoms with Gasteiger partial charge in [0.15, 0.2) is 12.7 Å². The molecule has 0 aromatic rings. The molecule has 6 heteroatoms. The van der Waals surface area contributed by atoms with E-state index in [2.05, 4.69) is 11.9 Å². The van der Waals surface area contributed by atoms with Gasteiger partial charge in [0.25, 0.3) is 5.91 Å². The van der Waals surface area contributed by atoms with E-state index >= 15 is 0 Å². The first kappa shape index (κ1) is 18.6. The lowest BCUT2D eigenvalue weighted by atomic mass is 10.4. The quantitative estimate of drug-likeness (QED) is 0.349. The highest BCUT2D eigenvalue weighted by atomic mass is 16.6. The zero-order chi connectivity index (χ0) is 15.4. The van der Waals surface area contributed by atoms with Crippen molar-refractivity contribution in [3.8, 4) is 0 Å². The van der Waals surface area contributed by atoms with E-state index in [4.69, 9.17) is 14.2 Å². The Hall–Kier alpha value is -1.40. The van der Waals surface area contributed by atoms with Gasteiger partial charge < -0.3 is 19.5 Å². The number of hydrogen-bond acceptors (Lipinski definition) is 5. The molecule has 1 atom stereocenters. The number of carbonyl (C=O) groups is 2. The van der Waals surface area contributed by atoms with Crippen LogP contribution in [0.2, 0.25) is 0 Å². The third-order valence-corrected chi connectivity index (χ3v) is 2.24. The van der Waals surface area contributed by atoms with Crippen LogP contribution in [0.4, 0.5) is 0 Å². The van der Waals surface area contributed by atoms with E-state index in [-0.39, 0.29) is 25.2 Å². The predicted molar refractivity (Wildman–Crippen MR) is 75.3 cm³/mol. The van der Waals surface area contributed by atoms with Gasteiger partial charge in [-0.25, -0.2) is 4.79 Å². The first-order chi connectivity index (χ1) is 9.47. The zero-order valence-corrected chi connectivity index (χ0v) is 12.5. The van der Waals surface area contributed by atoms with Crippen molar-refractivity contribution in [2.45, 2.75) is 39.4 Å². The van der Waals surface area contributed by atoms with E-state index in [0.29, 0.717) is 13.2 Å². The molecule has 0 fully saturated rings. The lowest BCUT2D eigenvalue weighted by Gasteiger charge is -2.11. The van der Waals surface area contributed by atoms with E-state index in [1.54, 1.807) is 6.92 Å². The fourth-order valence-corrected chi connectivity index (χ4v) is 1.20. The van der Waals surface area contributed by atoms with Gasteiger partial charge in [0, 0.05) is 13.2 Å². The van der Waals surface area contributed by atoms with Crippen molar-refractivity contribution in [3.63, 3.8) is 0 Å². The highest BCUT2D eigenvalue weighted by molar-refractivity contribution is 5.81. The Kier molecular flexibility index (Phi) is 10.6. The first-order valence-corrected chi connectivity index (χ1v) is 6.74. The number of rotatable bonds is 11. The smallest absolute Gasteiger partial charge is 0.335 e. The molecule has 0 aliphatic carbocycles. The van der Waals surface area contributed by atoms with Gasteiger partial charge in [0.05, 0.1) is 12.7 Å². The van der Waals surface area contributed by atoms with Crippen LogP contribution < -0.4 is 5.32 Å². The van der Waals surface area contributed by atoms with E-state index < -0.39 is 12.1 Å². The minimum atomic E-state index is -0.708. The summed E-state index contributed by atoms with van der Waals surface area (Å²) in [6, 6.07) is 0. The summed E-state index contributed by atoms with van der Waals surface area (Å²) in [7, 11) is 0. The lowest BCUT2D eigenvalue weighted by Crippen LogP contribution is -2.32. The van der Waals surface area contributed by atoms with Crippen LogP contribution in [0.1, 0.15) is 27.2 Å². The van der Waals surface area contributed by atoms with E-state index in [0.717, 1.165) is 6.42 Å². The summed E-state index contributed by atoms with van der Waals surface area (Å²) in [6.07, 6.45) is 1.73. The van der Waals surface area contributed by atoms with Crippen molar-refractivity contribution in [1.82, 2.24) is 5.32 Å². The highest BCUT2D eigenvalue weighted by Crippen LogP contribution is 1.95. The fourth-order valence-electron chi connectivity index (χ4n) is 1.20. The fraction of sp³-hybridized carbons (Fsp3) is 0.714. The minimum absolute atomic E-state index is 0.184. The van der Waals surface area contributed by atoms with Crippen LogP contribution in [-0.4, -0.2) is 50.4 Å². The molecule has 0 rings (SSSR count). The van der Waals surface area contributed by atoms with Gasteiger partial charge in [-0.15, -0.1) is 6.58 Å². The van der Waals surface area contributed by atoms with Crippen molar-refractivity contribution < 1.29 is 23.8 Å². The topological polar surface area (TPSA) is 73.9 Å². The molecule has 0 aliphatic rings. The Balaban J connectivity index is 3.61. The molecule has 0 aromatic heterocycles. The second-order valence-electron chi connectivity index (χ2n) is 4.49. The third kappa shape index (κ3) is 10.5. The van der Waals surface area contributed by atoms with Gasteiger partial charge in [0.2, 0.25) is 0 Å². The van der Waals surface area contributed by atoms with Crippen LogP contribution in [0.5, 0.6) is 0 Å². The predicted octanol–water partition coefficient (Wildman–Crippen LogP) is 1.05. The van der Waals surface area contributed by atoms with Crippen LogP contribution in [0.3, 0.4) is 0 Å². The van der Waals surface area contributed by atoms with Crippen molar-refractivity contribution in [2.24, 2.45) is 0 Å². The van der Waals surface area contributed by atoms with Crippen LogP contribution in [0.25, 0.3) is 0 Å². The molecule has 1 N–H and O–H groups in total. The molecule has 116 valence electrons. The zero-order valence-electron chi connectivity index (χ0n) is 12.5. The summed E-state index contributed by atoms with van der Waals surface area (Å²) in [5.74, 6) is -0.899. The monoisotopic (exact) mass is 287 g/mol. The van der Waals surface area contributed by atoms with Gasteiger partial charge in [-0.1, -0.05) is 6.08 Å². The Bertz CT molecular complexity index is 304. The number of esters is 1. The molecule has 0 saturated carbocycles. The van der Waals surface area contributed by atoms with Crippen molar-refractivity contribution >= 4 is 11.9 Å². The molecule has 0 aromatic carbocycles. The highest BCUT2D eigenvalue weighted by Gasteiger charge is 2.15. The number of carbonyl (C=O) groups excluding carboxylic acids is 2. The second-order valence-corrected chi connectivity index (χ2v) is 4.49. The number of nitrogens with one attached hydrogen (secondary N) is 1. The molecule has 20 heavy (non-hydrogen) atoms. The Labute approximate surface area is 120 Å². The maximum atomic E-state index is 11.4. The number of hydrogen-bond donors (Lipinski definition) is 1. The molecular weight excluding hydrogens is 262 g/mol. The summed E-state index contributed by atoms with van der Waals surface area (Å²) in [6.45, 7) is 9.98. The third-order valence-electron chi connectivity index (χ3n) is 2.24. The van der Waals surface area contributed by atoms with Gasteiger partial charge >= 0.3 is 5.97 Å². The standard InChI is InChI=1S/C14H25NO5/c1-5-8-19-12(4)14(17)20-10-13(16)15-7-6-9-18-11(2)3/h5,11-12H,1,6-10H2,2-4H3,(H,15,16). The van der Waals surface area contributed by atoms with Crippen molar-refractivity contribution in [1.29, 1.82) is 0 Å². The van der Waals surface area contributed by atoms with Crippen LogP contribution in [-0.2, 0) is 23.8 Å². The second kappa shape index (κ2) is 11.4.